The highest BCUT2D eigenvalue weighted by Crippen LogP contribution is 2.46. The minimum absolute atomic E-state index is 0.329. The van der Waals surface area contributed by atoms with Crippen LogP contribution < -0.4 is 0 Å². The summed E-state index contributed by atoms with van der Waals surface area (Å²) in [4.78, 5) is 10.5. The summed E-state index contributed by atoms with van der Waals surface area (Å²) in [6.07, 6.45) is 2.18. The van der Waals surface area contributed by atoms with E-state index in [1.54, 1.807) is 0 Å². The fourth-order valence-electron chi connectivity index (χ4n) is 1.97. The number of rotatable bonds is 3. The second-order valence-electron chi connectivity index (χ2n) is 3.90. The molecule has 1 saturated carbocycles. The molecule has 1 heteroatoms. The van der Waals surface area contributed by atoms with E-state index in [0.717, 1.165) is 12.7 Å². The molecule has 0 unspecified atom stereocenters. The van der Waals surface area contributed by atoms with E-state index in [1.807, 2.05) is 6.07 Å². The zero-order valence-electron chi connectivity index (χ0n) is 7.81. The first kappa shape index (κ1) is 8.49. The van der Waals surface area contributed by atoms with Gasteiger partial charge in [-0.2, -0.15) is 0 Å². The SMILES string of the molecule is C[C@@H](c1ccccc1)[C@@H]1C[C@H]1C=O. The van der Waals surface area contributed by atoms with Crippen LogP contribution in [0.25, 0.3) is 0 Å². The molecule has 0 aromatic heterocycles. The first-order chi connectivity index (χ1) is 6.33. The zero-order valence-corrected chi connectivity index (χ0v) is 7.81. The Balaban J connectivity index is 2.07. The standard InChI is InChI=1S/C12H14O/c1-9(12-7-11(12)8-13)10-5-3-2-4-6-10/h2-6,8-9,11-12H,7H2,1H3/t9-,11-,12-/m0/s1. The summed E-state index contributed by atoms with van der Waals surface area (Å²) < 4.78 is 0. The molecule has 1 aliphatic rings. The minimum atomic E-state index is 0.329. The third-order valence-electron chi connectivity index (χ3n) is 3.03. The molecule has 0 N–H and O–H groups in total. The maximum atomic E-state index is 10.5. The Morgan fingerprint density at radius 3 is 2.62 bits per heavy atom. The monoisotopic (exact) mass is 174 g/mol. The van der Waals surface area contributed by atoms with Gasteiger partial charge in [0, 0.05) is 5.92 Å². The molecule has 1 aromatic rings. The Kier molecular flexibility index (Phi) is 2.17. The van der Waals surface area contributed by atoms with Crippen LogP contribution in [0.3, 0.4) is 0 Å². The summed E-state index contributed by atoms with van der Waals surface area (Å²) in [5.74, 6) is 1.46. The van der Waals surface area contributed by atoms with E-state index >= 15 is 0 Å². The van der Waals surface area contributed by atoms with Crippen LogP contribution in [0.5, 0.6) is 0 Å². The molecule has 68 valence electrons. The van der Waals surface area contributed by atoms with E-state index in [-0.39, 0.29) is 0 Å². The lowest BCUT2D eigenvalue weighted by atomic mass is 9.95. The number of carbonyl (C=O) groups is 1. The molecule has 0 amide bonds. The summed E-state index contributed by atoms with van der Waals surface area (Å²) in [7, 11) is 0. The molecule has 0 heterocycles. The number of benzene rings is 1. The zero-order chi connectivity index (χ0) is 9.26. The summed E-state index contributed by atoms with van der Waals surface area (Å²) in [5.41, 5.74) is 1.36. The highest BCUT2D eigenvalue weighted by molar-refractivity contribution is 5.58. The lowest BCUT2D eigenvalue weighted by Gasteiger charge is -2.09. The van der Waals surface area contributed by atoms with Gasteiger partial charge in [0.2, 0.25) is 0 Å². The largest absolute Gasteiger partial charge is 0.303 e. The van der Waals surface area contributed by atoms with Gasteiger partial charge in [0.05, 0.1) is 0 Å². The van der Waals surface area contributed by atoms with Gasteiger partial charge in [0.15, 0.2) is 0 Å². The van der Waals surface area contributed by atoms with Crippen molar-refractivity contribution < 1.29 is 4.79 Å². The van der Waals surface area contributed by atoms with E-state index in [2.05, 4.69) is 31.2 Å². The third kappa shape index (κ3) is 1.64. The maximum Gasteiger partial charge on any atom is 0.123 e. The smallest absolute Gasteiger partial charge is 0.123 e. The molecule has 2 rings (SSSR count). The van der Waals surface area contributed by atoms with Crippen molar-refractivity contribution in [1.82, 2.24) is 0 Å². The average Bonchev–Trinajstić information content (AvgIpc) is 2.97. The molecule has 0 aliphatic heterocycles. The van der Waals surface area contributed by atoms with Gasteiger partial charge in [0.1, 0.15) is 6.29 Å². The van der Waals surface area contributed by atoms with Crippen molar-refractivity contribution >= 4 is 6.29 Å². The van der Waals surface area contributed by atoms with Crippen molar-refractivity contribution in [2.24, 2.45) is 11.8 Å². The highest BCUT2D eigenvalue weighted by atomic mass is 16.1. The summed E-state index contributed by atoms with van der Waals surface area (Å²) >= 11 is 0. The van der Waals surface area contributed by atoms with Crippen LogP contribution in [0, 0.1) is 11.8 Å². The van der Waals surface area contributed by atoms with Crippen molar-refractivity contribution in [3.63, 3.8) is 0 Å². The van der Waals surface area contributed by atoms with Crippen molar-refractivity contribution in [3.8, 4) is 0 Å². The second kappa shape index (κ2) is 3.33. The predicted molar refractivity (Wildman–Crippen MR) is 52.5 cm³/mol. The predicted octanol–water partition coefficient (Wildman–Crippen LogP) is 2.63. The van der Waals surface area contributed by atoms with Gasteiger partial charge in [-0.25, -0.2) is 0 Å². The first-order valence-corrected chi connectivity index (χ1v) is 4.83. The molecule has 1 aliphatic carbocycles. The minimum Gasteiger partial charge on any atom is -0.303 e. The van der Waals surface area contributed by atoms with E-state index in [4.69, 9.17) is 0 Å². The van der Waals surface area contributed by atoms with Gasteiger partial charge < -0.3 is 4.79 Å². The molecule has 0 spiro atoms. The maximum absolute atomic E-state index is 10.5. The van der Waals surface area contributed by atoms with E-state index < -0.39 is 0 Å². The van der Waals surface area contributed by atoms with Crippen LogP contribution in [0.1, 0.15) is 24.8 Å². The van der Waals surface area contributed by atoms with Crippen LogP contribution in [0.15, 0.2) is 30.3 Å². The Morgan fingerprint density at radius 2 is 2.08 bits per heavy atom. The Morgan fingerprint density at radius 1 is 1.38 bits per heavy atom. The topological polar surface area (TPSA) is 17.1 Å². The van der Waals surface area contributed by atoms with Crippen molar-refractivity contribution in [2.75, 3.05) is 0 Å². The third-order valence-corrected chi connectivity index (χ3v) is 3.03. The quantitative estimate of drug-likeness (QED) is 0.644. The number of aldehydes is 1. The van der Waals surface area contributed by atoms with E-state index in [1.165, 1.54) is 5.56 Å². The summed E-state index contributed by atoms with van der Waals surface area (Å²) in [5, 5.41) is 0. The molecule has 1 nitrogen and oxygen atoms in total. The van der Waals surface area contributed by atoms with E-state index in [0.29, 0.717) is 17.8 Å². The molecule has 0 bridgehead atoms. The van der Waals surface area contributed by atoms with Gasteiger partial charge in [-0.15, -0.1) is 0 Å². The van der Waals surface area contributed by atoms with Crippen LogP contribution in [-0.4, -0.2) is 6.29 Å². The summed E-state index contributed by atoms with van der Waals surface area (Å²) in [6, 6.07) is 10.4. The second-order valence-corrected chi connectivity index (χ2v) is 3.90. The fourth-order valence-corrected chi connectivity index (χ4v) is 1.97. The van der Waals surface area contributed by atoms with Crippen molar-refractivity contribution in [2.45, 2.75) is 19.3 Å². The van der Waals surface area contributed by atoms with Crippen LogP contribution in [-0.2, 0) is 4.79 Å². The number of carbonyl (C=O) groups excluding carboxylic acids is 1. The average molecular weight is 174 g/mol. The molecule has 13 heavy (non-hydrogen) atoms. The van der Waals surface area contributed by atoms with Gasteiger partial charge >= 0.3 is 0 Å². The summed E-state index contributed by atoms with van der Waals surface area (Å²) in [6.45, 7) is 2.21. The molecule has 1 fully saturated rings. The van der Waals surface area contributed by atoms with Crippen LogP contribution in [0.4, 0.5) is 0 Å². The molecule has 1 aromatic carbocycles. The van der Waals surface area contributed by atoms with Gasteiger partial charge in [-0.1, -0.05) is 37.3 Å². The lowest BCUT2D eigenvalue weighted by Crippen LogP contribution is -1.97. The molecular weight excluding hydrogens is 160 g/mol. The molecular formula is C12H14O. The van der Waals surface area contributed by atoms with Gasteiger partial charge in [0.25, 0.3) is 0 Å². The molecule has 0 saturated heterocycles. The number of hydrogen-bond acceptors (Lipinski definition) is 1. The van der Waals surface area contributed by atoms with Crippen molar-refractivity contribution in [1.29, 1.82) is 0 Å². The number of hydrogen-bond donors (Lipinski definition) is 0. The van der Waals surface area contributed by atoms with Gasteiger partial charge in [-0.3, -0.25) is 0 Å². The Hall–Kier alpha value is -1.11. The highest BCUT2D eigenvalue weighted by Gasteiger charge is 2.40. The normalized spacial score (nSPS) is 28.1. The molecule has 3 atom stereocenters. The van der Waals surface area contributed by atoms with Crippen LogP contribution >= 0.6 is 0 Å². The Labute approximate surface area is 78.8 Å². The van der Waals surface area contributed by atoms with Crippen molar-refractivity contribution in [3.05, 3.63) is 35.9 Å². The fraction of sp³-hybridized carbons (Fsp3) is 0.417. The molecule has 0 radical (unpaired) electrons. The van der Waals surface area contributed by atoms with Gasteiger partial charge in [-0.05, 0) is 23.8 Å². The Bertz CT molecular complexity index is 291. The van der Waals surface area contributed by atoms with E-state index in [9.17, 15) is 4.79 Å². The van der Waals surface area contributed by atoms with Crippen LogP contribution in [0.2, 0.25) is 0 Å². The lowest BCUT2D eigenvalue weighted by molar-refractivity contribution is -0.109. The first-order valence-electron chi connectivity index (χ1n) is 4.83.